The summed E-state index contributed by atoms with van der Waals surface area (Å²) in [6.07, 6.45) is 0. The molecule has 1 amide bonds. The molecule has 2 N–H and O–H groups in total. The highest BCUT2D eigenvalue weighted by Gasteiger charge is 2.17. The third kappa shape index (κ3) is 9.95. The maximum atomic E-state index is 11.9. The van der Waals surface area contributed by atoms with Gasteiger partial charge in [-0.2, -0.15) is 0 Å². The summed E-state index contributed by atoms with van der Waals surface area (Å²) in [5, 5.41) is 6.07. The van der Waals surface area contributed by atoms with Crippen LogP contribution in [0, 0.1) is 5.92 Å². The molecule has 26 heavy (non-hydrogen) atoms. The second-order valence-electron chi connectivity index (χ2n) is 6.35. The van der Waals surface area contributed by atoms with Crippen LogP contribution >= 0.6 is 37.2 Å². The summed E-state index contributed by atoms with van der Waals surface area (Å²) >= 11 is 0. The maximum absolute atomic E-state index is 11.9. The molecule has 152 valence electrons. The van der Waals surface area contributed by atoms with Crippen LogP contribution in [0.25, 0.3) is 0 Å². The molecule has 0 bridgehead atoms. The Morgan fingerprint density at radius 1 is 1.04 bits per heavy atom. The zero-order chi connectivity index (χ0) is 16.5. The summed E-state index contributed by atoms with van der Waals surface area (Å²) in [5.41, 5.74) is 1.38. The van der Waals surface area contributed by atoms with Gasteiger partial charge in [-0.3, -0.25) is 14.6 Å². The predicted octanol–water partition coefficient (Wildman–Crippen LogP) is 2.04. The Hall–Kier alpha value is -0.560. The first kappa shape index (κ1) is 27.7. The van der Waals surface area contributed by atoms with E-state index >= 15 is 0 Å². The van der Waals surface area contributed by atoms with Gasteiger partial charge in [0.25, 0.3) is 0 Å². The van der Waals surface area contributed by atoms with Crippen LogP contribution in [0.1, 0.15) is 12.5 Å². The second-order valence-corrected chi connectivity index (χ2v) is 6.35. The van der Waals surface area contributed by atoms with E-state index in [2.05, 4.69) is 50.8 Å². The van der Waals surface area contributed by atoms with Crippen LogP contribution in [0.2, 0.25) is 0 Å². The minimum Gasteiger partial charge on any atom is -0.355 e. The highest BCUT2D eigenvalue weighted by molar-refractivity contribution is 5.86. The van der Waals surface area contributed by atoms with Crippen molar-refractivity contribution >= 4 is 43.1 Å². The number of hydrogen-bond acceptors (Lipinski definition) is 4. The van der Waals surface area contributed by atoms with Crippen molar-refractivity contribution in [3.8, 4) is 0 Å². The Balaban J connectivity index is 0. The van der Waals surface area contributed by atoms with Crippen LogP contribution in [0.15, 0.2) is 30.3 Å². The van der Waals surface area contributed by atoms with Crippen molar-refractivity contribution in [3.05, 3.63) is 35.9 Å². The molecule has 1 aliphatic heterocycles. The van der Waals surface area contributed by atoms with Gasteiger partial charge < -0.3 is 10.6 Å². The van der Waals surface area contributed by atoms with Crippen molar-refractivity contribution in [2.45, 2.75) is 13.5 Å². The Morgan fingerprint density at radius 2 is 1.62 bits per heavy atom. The maximum Gasteiger partial charge on any atom is 0.224 e. The molecule has 0 aromatic heterocycles. The molecule has 0 spiro atoms. The summed E-state index contributed by atoms with van der Waals surface area (Å²) in [6.45, 7) is 9.75. The molecule has 8 heteroatoms. The zero-order valence-corrected chi connectivity index (χ0v) is 18.1. The van der Waals surface area contributed by atoms with Crippen molar-refractivity contribution in [2.75, 3.05) is 52.9 Å². The topological polar surface area (TPSA) is 47.6 Å². The molecule has 2 rings (SSSR count). The monoisotopic (exact) mass is 426 g/mol. The Labute approximate surface area is 176 Å². The largest absolute Gasteiger partial charge is 0.355 e. The standard InChI is InChI=1S/C18H30N4O.3ClH/c1-16(14-19-2)18(23)20-8-9-21-10-12-22(13-11-21)15-17-6-4-3-5-7-17;;;/h3-7,16,19H,8-15H2,1-2H3,(H,20,23);3*1H. The predicted molar refractivity (Wildman–Crippen MR) is 116 cm³/mol. The molecule has 0 aliphatic carbocycles. The molecule has 1 unspecified atom stereocenters. The Kier molecular flexibility index (Phi) is 16.5. The molecule has 1 atom stereocenters. The van der Waals surface area contributed by atoms with E-state index in [9.17, 15) is 4.79 Å². The number of hydrogen-bond donors (Lipinski definition) is 2. The summed E-state index contributed by atoms with van der Waals surface area (Å²) in [7, 11) is 1.87. The van der Waals surface area contributed by atoms with E-state index in [1.54, 1.807) is 0 Å². The molecule has 5 nitrogen and oxygen atoms in total. The van der Waals surface area contributed by atoms with Gasteiger partial charge >= 0.3 is 0 Å². The van der Waals surface area contributed by atoms with Crippen molar-refractivity contribution in [1.29, 1.82) is 0 Å². The van der Waals surface area contributed by atoms with Crippen LogP contribution in [-0.2, 0) is 11.3 Å². The summed E-state index contributed by atoms with van der Waals surface area (Å²) < 4.78 is 0. The Bertz CT molecular complexity index is 471. The Morgan fingerprint density at radius 3 is 2.19 bits per heavy atom. The van der Waals surface area contributed by atoms with E-state index in [0.717, 1.165) is 52.4 Å². The number of benzene rings is 1. The third-order valence-electron chi connectivity index (χ3n) is 4.40. The van der Waals surface area contributed by atoms with Gasteiger partial charge in [0.1, 0.15) is 0 Å². The lowest BCUT2D eigenvalue weighted by Crippen LogP contribution is -2.48. The van der Waals surface area contributed by atoms with Crippen LogP contribution in [-0.4, -0.2) is 68.6 Å². The van der Waals surface area contributed by atoms with Gasteiger partial charge in [0.2, 0.25) is 5.91 Å². The number of carbonyl (C=O) groups is 1. The van der Waals surface area contributed by atoms with E-state index in [-0.39, 0.29) is 49.0 Å². The van der Waals surface area contributed by atoms with E-state index in [1.807, 2.05) is 14.0 Å². The summed E-state index contributed by atoms with van der Waals surface area (Å²) in [6, 6.07) is 10.6. The third-order valence-corrected chi connectivity index (χ3v) is 4.40. The summed E-state index contributed by atoms with van der Waals surface area (Å²) in [5.74, 6) is 0.171. The van der Waals surface area contributed by atoms with Crippen molar-refractivity contribution in [1.82, 2.24) is 20.4 Å². The second kappa shape index (κ2) is 15.5. The van der Waals surface area contributed by atoms with Crippen molar-refractivity contribution < 1.29 is 4.79 Å². The number of rotatable bonds is 8. The molecule has 1 aliphatic rings. The van der Waals surface area contributed by atoms with Crippen molar-refractivity contribution in [2.24, 2.45) is 5.92 Å². The lowest BCUT2D eigenvalue weighted by Gasteiger charge is -2.34. The van der Waals surface area contributed by atoms with Gasteiger partial charge in [-0.25, -0.2) is 0 Å². The molecule has 1 aromatic carbocycles. The van der Waals surface area contributed by atoms with Crippen LogP contribution in [0.4, 0.5) is 0 Å². The lowest BCUT2D eigenvalue weighted by molar-refractivity contribution is -0.124. The smallest absolute Gasteiger partial charge is 0.224 e. The normalized spacial score (nSPS) is 15.8. The average Bonchev–Trinajstić information content (AvgIpc) is 2.57. The molecule has 1 heterocycles. The first-order chi connectivity index (χ1) is 11.2. The fourth-order valence-corrected chi connectivity index (χ4v) is 2.92. The molecule has 0 radical (unpaired) electrons. The minimum atomic E-state index is 0. The van der Waals surface area contributed by atoms with Gasteiger partial charge in [0, 0.05) is 58.3 Å². The lowest BCUT2D eigenvalue weighted by atomic mass is 10.1. The van der Waals surface area contributed by atoms with Gasteiger partial charge in [-0.05, 0) is 12.6 Å². The van der Waals surface area contributed by atoms with Gasteiger partial charge in [-0.1, -0.05) is 37.3 Å². The number of nitrogens with one attached hydrogen (secondary N) is 2. The summed E-state index contributed by atoms with van der Waals surface area (Å²) in [4.78, 5) is 16.8. The average molecular weight is 428 g/mol. The number of piperazine rings is 1. The molecular formula is C18H33Cl3N4O. The van der Waals surface area contributed by atoms with E-state index in [4.69, 9.17) is 0 Å². The quantitative estimate of drug-likeness (QED) is 0.666. The van der Waals surface area contributed by atoms with Crippen LogP contribution in [0.5, 0.6) is 0 Å². The fraction of sp³-hybridized carbons (Fsp3) is 0.611. The SMILES string of the molecule is CNCC(C)C(=O)NCCN1CCN(Cc2ccccc2)CC1.Cl.Cl.Cl. The fourth-order valence-electron chi connectivity index (χ4n) is 2.92. The highest BCUT2D eigenvalue weighted by Crippen LogP contribution is 2.08. The van der Waals surface area contributed by atoms with E-state index in [1.165, 1.54) is 5.56 Å². The van der Waals surface area contributed by atoms with Gasteiger partial charge in [0.15, 0.2) is 0 Å². The first-order valence-electron chi connectivity index (χ1n) is 8.60. The van der Waals surface area contributed by atoms with E-state index in [0.29, 0.717) is 0 Å². The van der Waals surface area contributed by atoms with Gasteiger partial charge in [0.05, 0.1) is 0 Å². The van der Waals surface area contributed by atoms with Gasteiger partial charge in [-0.15, -0.1) is 37.2 Å². The molecule has 0 saturated carbocycles. The number of carbonyl (C=O) groups excluding carboxylic acids is 1. The number of amides is 1. The highest BCUT2D eigenvalue weighted by atomic mass is 35.5. The van der Waals surface area contributed by atoms with Crippen LogP contribution in [0.3, 0.4) is 0 Å². The number of halogens is 3. The van der Waals surface area contributed by atoms with E-state index < -0.39 is 0 Å². The first-order valence-corrected chi connectivity index (χ1v) is 8.60. The molecule has 1 fully saturated rings. The molecular weight excluding hydrogens is 395 g/mol. The zero-order valence-electron chi connectivity index (χ0n) is 15.6. The van der Waals surface area contributed by atoms with Crippen molar-refractivity contribution in [3.63, 3.8) is 0 Å². The van der Waals surface area contributed by atoms with Crippen LogP contribution < -0.4 is 10.6 Å². The number of nitrogens with zero attached hydrogens (tertiary/aromatic N) is 2. The minimum absolute atomic E-state index is 0. The molecule has 1 aromatic rings. The molecule has 1 saturated heterocycles.